The van der Waals surface area contributed by atoms with Gasteiger partial charge in [0.05, 0.1) is 0 Å². The smallest absolute Gasteiger partial charge is 0.123 e. The number of nitrogens with one attached hydrogen (secondary N) is 1. The van der Waals surface area contributed by atoms with Gasteiger partial charge in [0.15, 0.2) is 0 Å². The van der Waals surface area contributed by atoms with E-state index in [0.717, 1.165) is 24.2 Å². The molecule has 1 heterocycles. The Morgan fingerprint density at radius 2 is 2.18 bits per heavy atom. The van der Waals surface area contributed by atoms with Gasteiger partial charge < -0.3 is 10.4 Å². The molecule has 58 valence electrons. The predicted molar refractivity (Wildman–Crippen MR) is 43.4 cm³/mol. The van der Waals surface area contributed by atoms with Gasteiger partial charge >= 0.3 is 0 Å². The summed E-state index contributed by atoms with van der Waals surface area (Å²) in [4.78, 5) is 0. The van der Waals surface area contributed by atoms with Crippen LogP contribution in [0.1, 0.15) is 16.7 Å². The van der Waals surface area contributed by atoms with Crippen LogP contribution >= 0.6 is 0 Å². The molecular formula is C9H11NO. The van der Waals surface area contributed by atoms with Crippen LogP contribution in [0.5, 0.6) is 5.75 Å². The molecule has 0 radical (unpaired) electrons. The van der Waals surface area contributed by atoms with Gasteiger partial charge in [-0.15, -0.1) is 0 Å². The van der Waals surface area contributed by atoms with E-state index in [2.05, 4.69) is 11.4 Å². The minimum Gasteiger partial charge on any atom is -0.507 e. The first-order valence-electron chi connectivity index (χ1n) is 3.80. The SMILES string of the molecule is Cc1ccc2c(c1O)CNC2. The Morgan fingerprint density at radius 3 is 3.00 bits per heavy atom. The summed E-state index contributed by atoms with van der Waals surface area (Å²) in [6.45, 7) is 3.62. The van der Waals surface area contributed by atoms with Crippen molar-refractivity contribution in [1.82, 2.24) is 5.32 Å². The molecule has 0 atom stereocenters. The first kappa shape index (κ1) is 6.68. The van der Waals surface area contributed by atoms with E-state index in [1.807, 2.05) is 13.0 Å². The molecule has 1 aromatic carbocycles. The van der Waals surface area contributed by atoms with Gasteiger partial charge in [0.1, 0.15) is 5.75 Å². The quantitative estimate of drug-likeness (QED) is 0.582. The highest BCUT2D eigenvalue weighted by molar-refractivity contribution is 5.46. The van der Waals surface area contributed by atoms with Crippen LogP contribution in [0.3, 0.4) is 0 Å². The summed E-state index contributed by atoms with van der Waals surface area (Å²) < 4.78 is 0. The average molecular weight is 149 g/mol. The zero-order valence-electron chi connectivity index (χ0n) is 6.52. The molecule has 0 amide bonds. The Bertz CT molecular complexity index is 294. The van der Waals surface area contributed by atoms with Gasteiger partial charge in [0, 0.05) is 18.7 Å². The van der Waals surface area contributed by atoms with Crippen LogP contribution in [0.2, 0.25) is 0 Å². The fourth-order valence-electron chi connectivity index (χ4n) is 1.48. The third-order valence-corrected chi connectivity index (χ3v) is 2.20. The van der Waals surface area contributed by atoms with Crippen molar-refractivity contribution in [3.05, 3.63) is 28.8 Å². The van der Waals surface area contributed by atoms with E-state index in [9.17, 15) is 5.11 Å². The lowest BCUT2D eigenvalue weighted by atomic mass is 10.1. The molecular weight excluding hydrogens is 138 g/mol. The van der Waals surface area contributed by atoms with Crippen molar-refractivity contribution in [3.63, 3.8) is 0 Å². The summed E-state index contributed by atoms with van der Waals surface area (Å²) in [7, 11) is 0. The standard InChI is InChI=1S/C9H11NO/c1-6-2-3-7-4-10-5-8(7)9(6)11/h2-3,10-11H,4-5H2,1H3. The van der Waals surface area contributed by atoms with Crippen LogP contribution in [-0.4, -0.2) is 5.11 Å². The lowest BCUT2D eigenvalue weighted by Gasteiger charge is -2.03. The van der Waals surface area contributed by atoms with E-state index in [1.165, 1.54) is 5.56 Å². The van der Waals surface area contributed by atoms with Gasteiger partial charge in [-0.2, -0.15) is 0 Å². The number of hydrogen-bond acceptors (Lipinski definition) is 2. The van der Waals surface area contributed by atoms with Crippen LogP contribution in [0.15, 0.2) is 12.1 Å². The van der Waals surface area contributed by atoms with Crippen LogP contribution in [0, 0.1) is 6.92 Å². The fourth-order valence-corrected chi connectivity index (χ4v) is 1.48. The van der Waals surface area contributed by atoms with Crippen molar-refractivity contribution in [3.8, 4) is 5.75 Å². The second-order valence-corrected chi connectivity index (χ2v) is 2.97. The van der Waals surface area contributed by atoms with E-state index in [0.29, 0.717) is 5.75 Å². The van der Waals surface area contributed by atoms with Gasteiger partial charge in [-0.25, -0.2) is 0 Å². The molecule has 1 aliphatic heterocycles. The Morgan fingerprint density at radius 1 is 1.36 bits per heavy atom. The second-order valence-electron chi connectivity index (χ2n) is 2.97. The number of phenolic OH excluding ortho intramolecular Hbond substituents is 1. The predicted octanol–water partition coefficient (Wildman–Crippen LogP) is 1.30. The van der Waals surface area contributed by atoms with Gasteiger partial charge in [-0.3, -0.25) is 0 Å². The van der Waals surface area contributed by atoms with E-state index in [1.54, 1.807) is 0 Å². The highest BCUT2D eigenvalue weighted by atomic mass is 16.3. The molecule has 11 heavy (non-hydrogen) atoms. The van der Waals surface area contributed by atoms with Crippen molar-refractivity contribution >= 4 is 0 Å². The van der Waals surface area contributed by atoms with Gasteiger partial charge in [-0.05, 0) is 18.1 Å². The molecule has 2 rings (SSSR count). The molecule has 0 bridgehead atoms. The highest BCUT2D eigenvalue weighted by Crippen LogP contribution is 2.28. The minimum atomic E-state index is 0.465. The molecule has 0 spiro atoms. The van der Waals surface area contributed by atoms with Crippen LogP contribution in [0.25, 0.3) is 0 Å². The van der Waals surface area contributed by atoms with E-state index < -0.39 is 0 Å². The number of hydrogen-bond donors (Lipinski definition) is 2. The number of rotatable bonds is 0. The molecule has 0 saturated heterocycles. The normalized spacial score (nSPS) is 15.0. The maximum Gasteiger partial charge on any atom is 0.123 e. The van der Waals surface area contributed by atoms with Gasteiger partial charge in [0.2, 0.25) is 0 Å². The summed E-state index contributed by atoms with van der Waals surface area (Å²) >= 11 is 0. The van der Waals surface area contributed by atoms with E-state index >= 15 is 0 Å². The van der Waals surface area contributed by atoms with Crippen molar-refractivity contribution < 1.29 is 5.11 Å². The Hall–Kier alpha value is -1.02. The third kappa shape index (κ3) is 0.906. The highest BCUT2D eigenvalue weighted by Gasteiger charge is 2.14. The third-order valence-electron chi connectivity index (χ3n) is 2.20. The van der Waals surface area contributed by atoms with Crippen molar-refractivity contribution in [2.24, 2.45) is 0 Å². The van der Waals surface area contributed by atoms with Crippen LogP contribution in [0.4, 0.5) is 0 Å². The molecule has 1 aliphatic rings. The van der Waals surface area contributed by atoms with Crippen LogP contribution < -0.4 is 5.32 Å². The number of benzene rings is 1. The molecule has 0 saturated carbocycles. The molecule has 2 N–H and O–H groups in total. The molecule has 0 aromatic heterocycles. The minimum absolute atomic E-state index is 0.465. The topological polar surface area (TPSA) is 32.3 Å². The molecule has 2 heteroatoms. The summed E-state index contributed by atoms with van der Waals surface area (Å²) in [5, 5.41) is 12.8. The number of aromatic hydroxyl groups is 1. The zero-order chi connectivity index (χ0) is 7.84. The second kappa shape index (κ2) is 2.24. The van der Waals surface area contributed by atoms with Crippen molar-refractivity contribution in [2.45, 2.75) is 20.0 Å². The maximum atomic E-state index is 9.58. The summed E-state index contributed by atoms with van der Waals surface area (Å²) in [5.41, 5.74) is 3.27. The average Bonchev–Trinajstić information content (AvgIpc) is 2.45. The van der Waals surface area contributed by atoms with E-state index in [4.69, 9.17) is 0 Å². The largest absolute Gasteiger partial charge is 0.507 e. The van der Waals surface area contributed by atoms with Gasteiger partial charge in [-0.1, -0.05) is 12.1 Å². The van der Waals surface area contributed by atoms with Crippen molar-refractivity contribution in [1.29, 1.82) is 0 Å². The maximum absolute atomic E-state index is 9.58. The lowest BCUT2D eigenvalue weighted by molar-refractivity contribution is 0.464. The van der Waals surface area contributed by atoms with Crippen LogP contribution in [-0.2, 0) is 13.1 Å². The van der Waals surface area contributed by atoms with Gasteiger partial charge in [0.25, 0.3) is 0 Å². The fraction of sp³-hybridized carbons (Fsp3) is 0.333. The molecule has 0 aliphatic carbocycles. The molecule has 1 aromatic rings. The summed E-state index contributed by atoms with van der Waals surface area (Å²) in [6.07, 6.45) is 0. The Kier molecular flexibility index (Phi) is 1.36. The Labute approximate surface area is 65.9 Å². The first-order chi connectivity index (χ1) is 5.29. The van der Waals surface area contributed by atoms with Crippen molar-refractivity contribution in [2.75, 3.05) is 0 Å². The number of fused-ring (bicyclic) bond motifs is 1. The molecule has 2 nitrogen and oxygen atoms in total. The molecule has 0 fully saturated rings. The summed E-state index contributed by atoms with van der Waals surface area (Å²) in [5.74, 6) is 0.465. The molecule has 0 unspecified atom stereocenters. The monoisotopic (exact) mass is 149 g/mol. The first-order valence-corrected chi connectivity index (χ1v) is 3.80. The number of aryl methyl sites for hydroxylation is 1. The summed E-state index contributed by atoms with van der Waals surface area (Å²) in [6, 6.07) is 4.03. The van der Waals surface area contributed by atoms with E-state index in [-0.39, 0.29) is 0 Å². The zero-order valence-corrected chi connectivity index (χ0v) is 6.52. The Balaban J connectivity index is 2.62. The lowest BCUT2D eigenvalue weighted by Crippen LogP contribution is -2.00. The number of phenols is 1.